The smallest absolute Gasteiger partial charge is 0.252 e. The van der Waals surface area contributed by atoms with E-state index in [-0.39, 0.29) is 6.04 Å². The molecule has 1 aliphatic carbocycles. The van der Waals surface area contributed by atoms with Gasteiger partial charge in [0.1, 0.15) is 4.21 Å². The summed E-state index contributed by atoms with van der Waals surface area (Å²) in [7, 11) is -1.68. The molecule has 1 aromatic heterocycles. The first-order chi connectivity index (χ1) is 9.36. The van der Waals surface area contributed by atoms with Gasteiger partial charge in [0.2, 0.25) is 0 Å². The Kier molecular flexibility index (Phi) is 4.89. The molecule has 114 valence electrons. The van der Waals surface area contributed by atoms with E-state index in [0.717, 1.165) is 23.4 Å². The van der Waals surface area contributed by atoms with Gasteiger partial charge in [-0.05, 0) is 44.7 Å². The van der Waals surface area contributed by atoms with E-state index < -0.39 is 10.0 Å². The topological polar surface area (TPSA) is 49.4 Å². The predicted octanol–water partition coefficient (Wildman–Crippen LogP) is 2.73. The molecule has 0 radical (unpaired) electrons. The predicted molar refractivity (Wildman–Crippen MR) is 83.6 cm³/mol. The van der Waals surface area contributed by atoms with Crippen molar-refractivity contribution in [3.8, 4) is 0 Å². The van der Waals surface area contributed by atoms with Crippen molar-refractivity contribution in [1.82, 2.24) is 9.62 Å². The van der Waals surface area contributed by atoms with E-state index in [1.807, 2.05) is 26.8 Å². The van der Waals surface area contributed by atoms with Crippen LogP contribution in [-0.2, 0) is 16.6 Å². The molecule has 0 amide bonds. The van der Waals surface area contributed by atoms with E-state index >= 15 is 0 Å². The highest BCUT2D eigenvalue weighted by molar-refractivity contribution is 7.91. The first kappa shape index (κ1) is 15.9. The molecule has 1 saturated carbocycles. The van der Waals surface area contributed by atoms with Crippen LogP contribution in [0.3, 0.4) is 0 Å². The molecule has 1 heterocycles. The molecule has 1 atom stereocenters. The zero-order valence-corrected chi connectivity index (χ0v) is 14.3. The minimum atomic E-state index is -3.35. The lowest BCUT2D eigenvalue weighted by Crippen LogP contribution is -2.34. The van der Waals surface area contributed by atoms with Crippen LogP contribution in [0.1, 0.15) is 43.6 Å². The molecule has 1 unspecified atom stereocenters. The molecule has 0 aromatic carbocycles. The van der Waals surface area contributed by atoms with E-state index in [2.05, 4.69) is 5.32 Å². The SMILES string of the molecule is CCC(C)N(C)S(=O)(=O)c1cc(C)c(CNC2CC2)s1. The second-order valence-electron chi connectivity index (χ2n) is 5.61. The van der Waals surface area contributed by atoms with Crippen LogP contribution < -0.4 is 5.32 Å². The Morgan fingerprint density at radius 3 is 2.70 bits per heavy atom. The van der Waals surface area contributed by atoms with Crippen molar-refractivity contribution in [2.24, 2.45) is 0 Å². The van der Waals surface area contributed by atoms with Crippen LogP contribution in [-0.4, -0.2) is 31.9 Å². The third-order valence-electron chi connectivity index (χ3n) is 3.97. The highest BCUT2D eigenvalue weighted by atomic mass is 32.2. The fourth-order valence-electron chi connectivity index (χ4n) is 1.95. The number of thiophene rings is 1. The van der Waals surface area contributed by atoms with Crippen LogP contribution in [0.15, 0.2) is 10.3 Å². The second-order valence-corrected chi connectivity index (χ2v) is 8.97. The zero-order chi connectivity index (χ0) is 14.9. The molecule has 0 saturated heterocycles. The largest absolute Gasteiger partial charge is 0.309 e. The van der Waals surface area contributed by atoms with E-state index in [1.165, 1.54) is 28.5 Å². The summed E-state index contributed by atoms with van der Waals surface area (Å²) in [5, 5.41) is 3.44. The number of nitrogens with zero attached hydrogens (tertiary/aromatic N) is 1. The van der Waals surface area contributed by atoms with E-state index in [9.17, 15) is 8.42 Å². The summed E-state index contributed by atoms with van der Waals surface area (Å²) in [5.74, 6) is 0. The minimum absolute atomic E-state index is 0.0236. The summed E-state index contributed by atoms with van der Waals surface area (Å²) in [5.41, 5.74) is 1.07. The Morgan fingerprint density at radius 2 is 2.15 bits per heavy atom. The van der Waals surface area contributed by atoms with Crippen molar-refractivity contribution in [2.75, 3.05) is 7.05 Å². The number of nitrogens with one attached hydrogen (secondary N) is 1. The molecule has 1 aromatic rings. The maximum absolute atomic E-state index is 12.6. The summed E-state index contributed by atoms with van der Waals surface area (Å²) in [6.45, 7) is 6.71. The molecule has 1 aliphatic rings. The monoisotopic (exact) mass is 316 g/mol. The summed E-state index contributed by atoms with van der Waals surface area (Å²) >= 11 is 1.40. The van der Waals surface area contributed by atoms with E-state index in [4.69, 9.17) is 0 Å². The lowest BCUT2D eigenvalue weighted by atomic mass is 10.3. The van der Waals surface area contributed by atoms with Crippen molar-refractivity contribution in [1.29, 1.82) is 0 Å². The molecule has 4 nitrogen and oxygen atoms in total. The van der Waals surface area contributed by atoms with Crippen LogP contribution in [0.2, 0.25) is 0 Å². The van der Waals surface area contributed by atoms with E-state index in [1.54, 1.807) is 7.05 Å². The summed E-state index contributed by atoms with van der Waals surface area (Å²) < 4.78 is 27.1. The second kappa shape index (κ2) is 6.13. The number of rotatable bonds is 7. The van der Waals surface area contributed by atoms with Gasteiger partial charge in [-0.3, -0.25) is 0 Å². The van der Waals surface area contributed by atoms with Crippen LogP contribution in [0.25, 0.3) is 0 Å². The normalized spacial score (nSPS) is 17.6. The molecule has 1 fully saturated rings. The fourth-order valence-corrected chi connectivity index (χ4v) is 5.11. The van der Waals surface area contributed by atoms with Crippen molar-refractivity contribution in [2.45, 2.75) is 62.9 Å². The molecule has 0 aliphatic heterocycles. The van der Waals surface area contributed by atoms with Gasteiger partial charge in [0.15, 0.2) is 0 Å². The lowest BCUT2D eigenvalue weighted by Gasteiger charge is -2.22. The first-order valence-electron chi connectivity index (χ1n) is 7.17. The van der Waals surface area contributed by atoms with Gasteiger partial charge in [0.05, 0.1) is 0 Å². The van der Waals surface area contributed by atoms with Gasteiger partial charge in [0.25, 0.3) is 10.0 Å². The zero-order valence-electron chi connectivity index (χ0n) is 12.6. The van der Waals surface area contributed by atoms with Crippen LogP contribution in [0.5, 0.6) is 0 Å². The van der Waals surface area contributed by atoms with Crippen molar-refractivity contribution < 1.29 is 8.42 Å². The average molecular weight is 316 g/mol. The highest BCUT2D eigenvalue weighted by Crippen LogP contribution is 2.30. The third kappa shape index (κ3) is 3.42. The lowest BCUT2D eigenvalue weighted by molar-refractivity contribution is 0.381. The number of hydrogen-bond donors (Lipinski definition) is 1. The van der Waals surface area contributed by atoms with Gasteiger partial charge in [-0.2, -0.15) is 4.31 Å². The average Bonchev–Trinajstić information content (AvgIpc) is 3.17. The fraction of sp³-hybridized carbons (Fsp3) is 0.714. The van der Waals surface area contributed by atoms with Gasteiger partial charge in [-0.1, -0.05) is 6.92 Å². The summed E-state index contributed by atoms with van der Waals surface area (Å²) in [4.78, 5) is 1.13. The van der Waals surface area contributed by atoms with Gasteiger partial charge in [-0.15, -0.1) is 11.3 Å². The van der Waals surface area contributed by atoms with Gasteiger partial charge in [0, 0.05) is 30.6 Å². The molecule has 1 N–H and O–H groups in total. The highest BCUT2D eigenvalue weighted by Gasteiger charge is 2.27. The maximum Gasteiger partial charge on any atom is 0.252 e. The van der Waals surface area contributed by atoms with Gasteiger partial charge < -0.3 is 5.32 Å². The number of hydrogen-bond acceptors (Lipinski definition) is 4. The Labute approximate surface area is 126 Å². The number of sulfonamides is 1. The quantitative estimate of drug-likeness (QED) is 0.841. The summed E-state index contributed by atoms with van der Waals surface area (Å²) in [6.07, 6.45) is 3.30. The first-order valence-corrected chi connectivity index (χ1v) is 9.42. The Balaban J connectivity index is 2.16. The molecule has 0 spiro atoms. The third-order valence-corrected chi connectivity index (χ3v) is 7.63. The molecular weight excluding hydrogens is 292 g/mol. The Morgan fingerprint density at radius 1 is 1.50 bits per heavy atom. The maximum atomic E-state index is 12.6. The molecule has 0 bridgehead atoms. The number of aryl methyl sites for hydroxylation is 1. The van der Waals surface area contributed by atoms with Crippen molar-refractivity contribution in [3.63, 3.8) is 0 Å². The van der Waals surface area contributed by atoms with Gasteiger partial charge in [-0.25, -0.2) is 8.42 Å². The van der Waals surface area contributed by atoms with E-state index in [0.29, 0.717) is 10.3 Å². The standard InChI is InChI=1S/C14H24N2O2S2/c1-5-11(3)16(4)20(17,18)14-8-10(2)13(19-14)9-15-12-6-7-12/h8,11-12,15H,5-7,9H2,1-4H3. The Hall–Kier alpha value is -0.430. The van der Waals surface area contributed by atoms with Crippen LogP contribution in [0.4, 0.5) is 0 Å². The van der Waals surface area contributed by atoms with Crippen LogP contribution >= 0.6 is 11.3 Å². The Bertz CT molecular complexity index is 562. The molecule has 6 heteroatoms. The van der Waals surface area contributed by atoms with Gasteiger partial charge >= 0.3 is 0 Å². The van der Waals surface area contributed by atoms with Crippen LogP contribution in [0, 0.1) is 6.92 Å². The molecular formula is C14H24N2O2S2. The minimum Gasteiger partial charge on any atom is -0.309 e. The molecule has 2 rings (SSSR count). The molecule has 20 heavy (non-hydrogen) atoms. The summed E-state index contributed by atoms with van der Waals surface area (Å²) in [6, 6.07) is 2.47. The van der Waals surface area contributed by atoms with Crippen molar-refractivity contribution >= 4 is 21.4 Å². The van der Waals surface area contributed by atoms with Crippen molar-refractivity contribution in [3.05, 3.63) is 16.5 Å².